The second-order valence-electron chi connectivity index (χ2n) is 5.70. The Morgan fingerprint density at radius 2 is 2.06 bits per heavy atom. The summed E-state index contributed by atoms with van der Waals surface area (Å²) in [7, 11) is 2.21. The molecule has 1 aliphatic rings. The van der Waals surface area contributed by atoms with Crippen LogP contribution in [0.5, 0.6) is 0 Å². The number of aryl methyl sites for hydroxylation is 1. The molecule has 102 valence electrons. The molecule has 0 radical (unpaired) electrons. The van der Waals surface area contributed by atoms with Gasteiger partial charge in [0.1, 0.15) is 11.5 Å². The molecule has 0 aromatic carbocycles. The molecule has 3 heteroatoms. The number of nitrogens with zero attached hydrogens (tertiary/aromatic N) is 1. The summed E-state index contributed by atoms with van der Waals surface area (Å²) in [6, 6.07) is 2.10. The van der Waals surface area contributed by atoms with Gasteiger partial charge in [-0.25, -0.2) is 0 Å². The Morgan fingerprint density at radius 3 is 2.67 bits per heavy atom. The molecule has 1 aromatic heterocycles. The first-order chi connectivity index (χ1) is 8.69. The van der Waals surface area contributed by atoms with E-state index in [0.29, 0.717) is 6.54 Å². The van der Waals surface area contributed by atoms with Crippen LogP contribution in [0, 0.1) is 12.8 Å². The van der Waals surface area contributed by atoms with E-state index in [1.54, 1.807) is 0 Å². The van der Waals surface area contributed by atoms with Gasteiger partial charge in [0.25, 0.3) is 0 Å². The summed E-state index contributed by atoms with van der Waals surface area (Å²) < 4.78 is 5.60. The van der Waals surface area contributed by atoms with Crippen molar-refractivity contribution in [2.45, 2.75) is 52.1 Å². The minimum Gasteiger partial charge on any atom is -0.465 e. The van der Waals surface area contributed by atoms with Gasteiger partial charge < -0.3 is 15.1 Å². The van der Waals surface area contributed by atoms with Crippen molar-refractivity contribution in [1.29, 1.82) is 0 Å². The van der Waals surface area contributed by atoms with E-state index >= 15 is 0 Å². The fraction of sp³-hybridized carbons (Fsp3) is 0.733. The lowest BCUT2D eigenvalue weighted by atomic mass is 9.89. The lowest BCUT2D eigenvalue weighted by molar-refractivity contribution is 0.227. The predicted molar refractivity (Wildman–Crippen MR) is 74.2 cm³/mol. The zero-order chi connectivity index (χ0) is 13.0. The van der Waals surface area contributed by atoms with Gasteiger partial charge in [-0.15, -0.1) is 0 Å². The van der Waals surface area contributed by atoms with Crippen LogP contribution in [0.3, 0.4) is 0 Å². The van der Waals surface area contributed by atoms with Crippen molar-refractivity contribution >= 4 is 0 Å². The predicted octanol–water partition coefficient (Wildman–Crippen LogP) is 3.06. The summed E-state index contributed by atoms with van der Waals surface area (Å²) >= 11 is 0. The third kappa shape index (κ3) is 3.59. The van der Waals surface area contributed by atoms with E-state index in [-0.39, 0.29) is 0 Å². The molecular weight excluding hydrogens is 224 g/mol. The van der Waals surface area contributed by atoms with Gasteiger partial charge in [-0.1, -0.05) is 19.3 Å². The van der Waals surface area contributed by atoms with E-state index in [0.717, 1.165) is 24.0 Å². The summed E-state index contributed by atoms with van der Waals surface area (Å²) in [4.78, 5) is 2.42. The molecule has 0 atom stereocenters. The molecule has 2 rings (SSSR count). The molecule has 1 aromatic rings. The maximum absolute atomic E-state index is 5.60. The normalized spacial score (nSPS) is 17.6. The van der Waals surface area contributed by atoms with Gasteiger partial charge in [0.2, 0.25) is 0 Å². The summed E-state index contributed by atoms with van der Waals surface area (Å²) in [5.41, 5.74) is 6.89. The third-order valence-electron chi connectivity index (χ3n) is 4.01. The lowest BCUT2D eigenvalue weighted by Crippen LogP contribution is -2.26. The highest BCUT2D eigenvalue weighted by Gasteiger charge is 2.16. The molecule has 0 bridgehead atoms. The summed E-state index contributed by atoms with van der Waals surface area (Å²) in [5, 5.41) is 0. The van der Waals surface area contributed by atoms with Crippen molar-refractivity contribution in [3.05, 3.63) is 23.2 Å². The van der Waals surface area contributed by atoms with E-state index in [4.69, 9.17) is 10.2 Å². The maximum Gasteiger partial charge on any atom is 0.118 e. The standard InChI is InChI=1S/C15H26N2O/c1-12-14(8-15(9-16)18-12)11-17(2)10-13-6-4-3-5-7-13/h8,13H,3-7,9-11,16H2,1-2H3. The number of rotatable bonds is 5. The number of furan rings is 1. The molecular formula is C15H26N2O. The van der Waals surface area contributed by atoms with Crippen molar-refractivity contribution < 1.29 is 4.42 Å². The number of hydrogen-bond acceptors (Lipinski definition) is 3. The van der Waals surface area contributed by atoms with Gasteiger partial charge >= 0.3 is 0 Å². The Balaban J connectivity index is 1.85. The number of nitrogens with two attached hydrogens (primary N) is 1. The molecule has 0 aliphatic heterocycles. The van der Waals surface area contributed by atoms with Crippen LogP contribution in [0.1, 0.15) is 49.2 Å². The molecule has 2 N–H and O–H groups in total. The zero-order valence-corrected chi connectivity index (χ0v) is 11.7. The minimum atomic E-state index is 0.493. The molecule has 3 nitrogen and oxygen atoms in total. The van der Waals surface area contributed by atoms with Gasteiger partial charge in [-0.3, -0.25) is 0 Å². The van der Waals surface area contributed by atoms with Crippen molar-refractivity contribution in [2.75, 3.05) is 13.6 Å². The van der Waals surface area contributed by atoms with E-state index in [1.165, 1.54) is 44.2 Å². The van der Waals surface area contributed by atoms with Crippen LogP contribution in [-0.2, 0) is 13.1 Å². The summed E-state index contributed by atoms with van der Waals surface area (Å²) in [5.74, 6) is 2.81. The Kier molecular flexibility index (Phi) is 4.84. The molecule has 0 amide bonds. The summed E-state index contributed by atoms with van der Waals surface area (Å²) in [6.07, 6.45) is 7.08. The maximum atomic E-state index is 5.60. The molecule has 1 heterocycles. The zero-order valence-electron chi connectivity index (χ0n) is 11.7. The second-order valence-corrected chi connectivity index (χ2v) is 5.70. The molecule has 0 saturated heterocycles. The van der Waals surface area contributed by atoms with E-state index in [2.05, 4.69) is 18.0 Å². The Bertz CT molecular complexity index is 367. The van der Waals surface area contributed by atoms with Crippen molar-refractivity contribution in [3.8, 4) is 0 Å². The molecule has 1 fully saturated rings. The van der Waals surface area contributed by atoms with Crippen molar-refractivity contribution in [3.63, 3.8) is 0 Å². The van der Waals surface area contributed by atoms with Crippen molar-refractivity contribution in [1.82, 2.24) is 4.90 Å². The molecule has 18 heavy (non-hydrogen) atoms. The Morgan fingerprint density at radius 1 is 1.33 bits per heavy atom. The summed E-state index contributed by atoms with van der Waals surface area (Å²) in [6.45, 7) is 4.71. The lowest BCUT2D eigenvalue weighted by Gasteiger charge is -2.26. The van der Waals surface area contributed by atoms with Crippen LogP contribution in [0.25, 0.3) is 0 Å². The SMILES string of the molecule is Cc1oc(CN)cc1CN(C)CC1CCCCC1. The van der Waals surface area contributed by atoms with Crippen LogP contribution in [0.15, 0.2) is 10.5 Å². The van der Waals surface area contributed by atoms with E-state index < -0.39 is 0 Å². The first kappa shape index (κ1) is 13.6. The Hall–Kier alpha value is -0.800. The highest BCUT2D eigenvalue weighted by molar-refractivity contribution is 5.20. The van der Waals surface area contributed by atoms with Gasteiger partial charge in [0, 0.05) is 18.7 Å². The topological polar surface area (TPSA) is 42.4 Å². The quantitative estimate of drug-likeness (QED) is 0.873. The molecule has 1 saturated carbocycles. The fourth-order valence-corrected chi connectivity index (χ4v) is 3.01. The fourth-order valence-electron chi connectivity index (χ4n) is 3.01. The van der Waals surface area contributed by atoms with Crippen molar-refractivity contribution in [2.24, 2.45) is 11.7 Å². The number of hydrogen-bond donors (Lipinski definition) is 1. The van der Waals surface area contributed by atoms with E-state index in [1.807, 2.05) is 6.92 Å². The smallest absolute Gasteiger partial charge is 0.118 e. The average Bonchev–Trinajstić information content (AvgIpc) is 2.71. The van der Waals surface area contributed by atoms with Crippen LogP contribution in [-0.4, -0.2) is 18.5 Å². The first-order valence-corrected chi connectivity index (χ1v) is 7.16. The second kappa shape index (κ2) is 6.39. The largest absolute Gasteiger partial charge is 0.465 e. The first-order valence-electron chi connectivity index (χ1n) is 7.16. The molecule has 0 spiro atoms. The molecule has 1 aliphatic carbocycles. The van der Waals surface area contributed by atoms with E-state index in [9.17, 15) is 0 Å². The van der Waals surface area contributed by atoms with Gasteiger partial charge in [-0.05, 0) is 38.8 Å². The van der Waals surface area contributed by atoms with Crippen LogP contribution in [0.4, 0.5) is 0 Å². The van der Waals surface area contributed by atoms with Crippen LogP contribution >= 0.6 is 0 Å². The van der Waals surface area contributed by atoms with Gasteiger partial charge in [0.15, 0.2) is 0 Å². The minimum absolute atomic E-state index is 0.493. The monoisotopic (exact) mass is 250 g/mol. The third-order valence-corrected chi connectivity index (χ3v) is 4.01. The van der Waals surface area contributed by atoms with Crippen LogP contribution < -0.4 is 5.73 Å². The van der Waals surface area contributed by atoms with Crippen LogP contribution in [0.2, 0.25) is 0 Å². The Labute approximate surface area is 110 Å². The molecule has 0 unspecified atom stereocenters. The van der Waals surface area contributed by atoms with Gasteiger partial charge in [0.05, 0.1) is 6.54 Å². The van der Waals surface area contributed by atoms with Gasteiger partial charge in [-0.2, -0.15) is 0 Å². The highest BCUT2D eigenvalue weighted by Crippen LogP contribution is 2.25. The highest BCUT2D eigenvalue weighted by atomic mass is 16.3. The average molecular weight is 250 g/mol.